The number of H-pyrrole nitrogens is 1. The molecule has 3 aromatic heterocycles. The molecule has 0 fully saturated rings. The number of nitrogens with zero attached hydrogens (tertiary/aromatic N) is 2. The molecule has 0 unspecified atom stereocenters. The van der Waals surface area contributed by atoms with Gasteiger partial charge in [0, 0.05) is 12.7 Å². The van der Waals surface area contributed by atoms with Crippen LogP contribution in [0.5, 0.6) is 0 Å². The molecule has 0 aliphatic heterocycles. The molecule has 0 spiro atoms. The molecule has 1 aromatic carbocycles. The standard InChI is InChI=1S/C19H16FN5OS/c20-13-3-1-2-12(10-13)4-7-22-19(26)16-15(6-9-27-16)25-18-14-5-8-21-17(14)23-11-24-18/h1-3,5-6,8-11H,4,7H2,(H,22,26)(H2,21,23,24,25). The number of aromatic amines is 1. The number of benzene rings is 1. The molecule has 6 nitrogen and oxygen atoms in total. The number of thiophene rings is 1. The maximum atomic E-state index is 13.2. The maximum absolute atomic E-state index is 13.2. The summed E-state index contributed by atoms with van der Waals surface area (Å²) in [6.45, 7) is 0.426. The molecule has 0 radical (unpaired) electrons. The van der Waals surface area contributed by atoms with Gasteiger partial charge in [-0.3, -0.25) is 4.79 Å². The topological polar surface area (TPSA) is 82.7 Å². The molecule has 136 valence electrons. The van der Waals surface area contributed by atoms with Crippen LogP contribution in [-0.4, -0.2) is 27.4 Å². The van der Waals surface area contributed by atoms with Gasteiger partial charge in [0.05, 0.1) is 11.1 Å². The summed E-state index contributed by atoms with van der Waals surface area (Å²) in [7, 11) is 0. The summed E-state index contributed by atoms with van der Waals surface area (Å²) in [5.41, 5.74) is 2.25. The van der Waals surface area contributed by atoms with Crippen LogP contribution in [0, 0.1) is 5.82 Å². The highest BCUT2D eigenvalue weighted by atomic mass is 32.1. The SMILES string of the molecule is O=C(NCCc1cccc(F)c1)c1sccc1Nc1ncnc2[nH]ccc12. The maximum Gasteiger partial charge on any atom is 0.263 e. The molecular weight excluding hydrogens is 365 g/mol. The lowest BCUT2D eigenvalue weighted by Crippen LogP contribution is -2.25. The van der Waals surface area contributed by atoms with Gasteiger partial charge >= 0.3 is 0 Å². The molecule has 0 aliphatic carbocycles. The van der Waals surface area contributed by atoms with Crippen LogP contribution in [0.1, 0.15) is 15.2 Å². The summed E-state index contributed by atoms with van der Waals surface area (Å²) in [6, 6.07) is 10.1. The third-order valence-corrected chi connectivity index (χ3v) is 4.98. The number of carbonyl (C=O) groups is 1. The van der Waals surface area contributed by atoms with Crippen molar-refractivity contribution in [3.05, 3.63) is 70.6 Å². The second-order valence-electron chi connectivity index (χ2n) is 5.89. The smallest absolute Gasteiger partial charge is 0.263 e. The quantitative estimate of drug-likeness (QED) is 0.473. The van der Waals surface area contributed by atoms with Crippen LogP contribution in [0.3, 0.4) is 0 Å². The first-order valence-corrected chi connectivity index (χ1v) is 9.24. The van der Waals surface area contributed by atoms with Crippen molar-refractivity contribution in [2.24, 2.45) is 0 Å². The number of carbonyl (C=O) groups excluding carboxylic acids is 1. The lowest BCUT2D eigenvalue weighted by Gasteiger charge is -2.09. The van der Waals surface area contributed by atoms with E-state index >= 15 is 0 Å². The third-order valence-electron chi connectivity index (χ3n) is 4.07. The second-order valence-corrected chi connectivity index (χ2v) is 6.80. The van der Waals surface area contributed by atoms with E-state index in [0.29, 0.717) is 29.3 Å². The Hall–Kier alpha value is -3.26. The Balaban J connectivity index is 1.43. The Morgan fingerprint density at radius 3 is 3.04 bits per heavy atom. The number of hydrogen-bond donors (Lipinski definition) is 3. The van der Waals surface area contributed by atoms with Crippen molar-refractivity contribution in [1.82, 2.24) is 20.3 Å². The Labute approximate surface area is 158 Å². The zero-order chi connectivity index (χ0) is 18.6. The summed E-state index contributed by atoms with van der Waals surface area (Å²) in [4.78, 5) is 24.5. The monoisotopic (exact) mass is 381 g/mol. The fourth-order valence-corrected chi connectivity index (χ4v) is 3.54. The number of anilines is 2. The second kappa shape index (κ2) is 7.55. The fourth-order valence-electron chi connectivity index (χ4n) is 2.78. The molecule has 27 heavy (non-hydrogen) atoms. The molecule has 3 heterocycles. The van der Waals surface area contributed by atoms with Gasteiger partial charge in [0.25, 0.3) is 5.91 Å². The molecule has 4 rings (SSSR count). The van der Waals surface area contributed by atoms with Gasteiger partial charge in [-0.2, -0.15) is 0 Å². The van der Waals surface area contributed by atoms with Crippen molar-refractivity contribution in [2.45, 2.75) is 6.42 Å². The van der Waals surface area contributed by atoms with E-state index in [0.717, 1.165) is 16.6 Å². The predicted octanol–water partition coefficient (Wildman–Crippen LogP) is 3.87. The van der Waals surface area contributed by atoms with Gasteiger partial charge in [0.1, 0.15) is 28.5 Å². The number of aromatic nitrogens is 3. The van der Waals surface area contributed by atoms with Gasteiger partial charge in [-0.05, 0) is 41.6 Å². The van der Waals surface area contributed by atoms with Crippen LogP contribution >= 0.6 is 11.3 Å². The number of hydrogen-bond acceptors (Lipinski definition) is 5. The van der Waals surface area contributed by atoms with Crippen molar-refractivity contribution in [3.8, 4) is 0 Å². The molecule has 0 bridgehead atoms. The predicted molar refractivity (Wildman–Crippen MR) is 104 cm³/mol. The van der Waals surface area contributed by atoms with Gasteiger partial charge in [-0.25, -0.2) is 14.4 Å². The van der Waals surface area contributed by atoms with Gasteiger partial charge < -0.3 is 15.6 Å². The normalized spacial score (nSPS) is 10.9. The molecule has 3 N–H and O–H groups in total. The van der Waals surface area contributed by atoms with Crippen LogP contribution in [0.15, 0.2) is 54.3 Å². The average molecular weight is 381 g/mol. The molecule has 0 saturated heterocycles. The van der Waals surface area contributed by atoms with Crippen LogP contribution in [0.25, 0.3) is 11.0 Å². The summed E-state index contributed by atoms with van der Waals surface area (Å²) < 4.78 is 13.2. The lowest BCUT2D eigenvalue weighted by molar-refractivity contribution is 0.0959. The minimum Gasteiger partial charge on any atom is -0.351 e. The van der Waals surface area contributed by atoms with E-state index in [1.807, 2.05) is 23.6 Å². The van der Waals surface area contributed by atoms with Crippen molar-refractivity contribution in [3.63, 3.8) is 0 Å². The third kappa shape index (κ3) is 3.80. The van der Waals surface area contributed by atoms with Gasteiger partial charge in [0.15, 0.2) is 0 Å². The molecule has 4 aromatic rings. The average Bonchev–Trinajstić information content (AvgIpc) is 3.31. The van der Waals surface area contributed by atoms with E-state index in [2.05, 4.69) is 25.6 Å². The number of halogens is 1. The van der Waals surface area contributed by atoms with E-state index < -0.39 is 0 Å². The largest absolute Gasteiger partial charge is 0.351 e. The summed E-state index contributed by atoms with van der Waals surface area (Å²) >= 11 is 1.35. The summed E-state index contributed by atoms with van der Waals surface area (Å²) in [5.74, 6) is 0.182. The highest BCUT2D eigenvalue weighted by Crippen LogP contribution is 2.28. The minimum absolute atomic E-state index is 0.178. The van der Waals surface area contributed by atoms with Crippen molar-refractivity contribution in [1.29, 1.82) is 0 Å². The molecule has 8 heteroatoms. The van der Waals surface area contributed by atoms with E-state index in [-0.39, 0.29) is 11.7 Å². The van der Waals surface area contributed by atoms with E-state index in [4.69, 9.17) is 0 Å². The Bertz CT molecular complexity index is 1090. The number of rotatable bonds is 6. The first-order valence-electron chi connectivity index (χ1n) is 8.36. The van der Waals surface area contributed by atoms with Gasteiger partial charge in [-0.1, -0.05) is 12.1 Å². The van der Waals surface area contributed by atoms with Crippen LogP contribution < -0.4 is 10.6 Å². The van der Waals surface area contributed by atoms with Crippen LogP contribution in [-0.2, 0) is 6.42 Å². The van der Waals surface area contributed by atoms with E-state index in [1.54, 1.807) is 12.3 Å². The van der Waals surface area contributed by atoms with Gasteiger partial charge in [0.2, 0.25) is 0 Å². The van der Waals surface area contributed by atoms with E-state index in [9.17, 15) is 9.18 Å². The zero-order valence-electron chi connectivity index (χ0n) is 14.2. The van der Waals surface area contributed by atoms with Crippen molar-refractivity contribution >= 4 is 39.8 Å². The summed E-state index contributed by atoms with van der Waals surface area (Å²) in [5, 5.41) is 8.78. The van der Waals surface area contributed by atoms with Crippen LogP contribution in [0.2, 0.25) is 0 Å². The first kappa shape index (κ1) is 17.2. The highest BCUT2D eigenvalue weighted by Gasteiger charge is 2.15. The lowest BCUT2D eigenvalue weighted by atomic mass is 10.1. The van der Waals surface area contributed by atoms with Crippen molar-refractivity contribution < 1.29 is 9.18 Å². The Morgan fingerprint density at radius 2 is 2.15 bits per heavy atom. The first-order chi connectivity index (χ1) is 13.2. The van der Waals surface area contributed by atoms with E-state index in [1.165, 1.54) is 29.8 Å². The van der Waals surface area contributed by atoms with Crippen molar-refractivity contribution in [2.75, 3.05) is 11.9 Å². The number of fused-ring (bicyclic) bond motifs is 1. The molecule has 0 aliphatic rings. The molecule has 0 atom stereocenters. The zero-order valence-corrected chi connectivity index (χ0v) is 15.0. The van der Waals surface area contributed by atoms with Crippen LogP contribution in [0.4, 0.5) is 15.9 Å². The summed E-state index contributed by atoms with van der Waals surface area (Å²) in [6.07, 6.45) is 3.82. The number of amides is 1. The molecular formula is C19H16FN5OS. The number of nitrogens with one attached hydrogen (secondary N) is 3. The van der Waals surface area contributed by atoms with Gasteiger partial charge in [-0.15, -0.1) is 11.3 Å². The molecule has 1 amide bonds. The Morgan fingerprint density at radius 1 is 1.22 bits per heavy atom. The molecule has 0 saturated carbocycles. The Kier molecular flexibility index (Phi) is 4.80. The fraction of sp³-hybridized carbons (Fsp3) is 0.105. The minimum atomic E-state index is -0.274. The highest BCUT2D eigenvalue weighted by molar-refractivity contribution is 7.12.